The SMILES string of the molecule is CCn1c(NC(=O)Cc2c[nH]c3ccccc23)nc2cc(C#N)ccc21. The molecule has 0 bridgehead atoms. The van der Waals surface area contributed by atoms with Crippen LogP contribution in [0.1, 0.15) is 18.1 Å². The zero-order chi connectivity index (χ0) is 18.1. The maximum absolute atomic E-state index is 12.6. The summed E-state index contributed by atoms with van der Waals surface area (Å²) in [5.41, 5.74) is 4.11. The number of nitrogens with zero attached hydrogens (tertiary/aromatic N) is 3. The van der Waals surface area contributed by atoms with E-state index in [0.29, 0.717) is 23.6 Å². The molecule has 4 rings (SSSR count). The maximum atomic E-state index is 12.6. The number of hydrogen-bond donors (Lipinski definition) is 2. The number of rotatable bonds is 4. The van der Waals surface area contributed by atoms with Crippen LogP contribution in [0.5, 0.6) is 0 Å². The molecule has 1 amide bonds. The second kappa shape index (κ2) is 6.37. The van der Waals surface area contributed by atoms with E-state index in [4.69, 9.17) is 5.26 Å². The Kier molecular flexibility index (Phi) is 3.90. The van der Waals surface area contributed by atoms with Crippen LogP contribution in [0, 0.1) is 11.3 Å². The summed E-state index contributed by atoms with van der Waals surface area (Å²) in [6, 6.07) is 15.4. The van der Waals surface area contributed by atoms with Crippen molar-refractivity contribution in [1.82, 2.24) is 14.5 Å². The summed E-state index contributed by atoms with van der Waals surface area (Å²) in [4.78, 5) is 20.2. The molecule has 0 aliphatic rings. The largest absolute Gasteiger partial charge is 0.361 e. The molecular weight excluding hydrogens is 326 g/mol. The highest BCUT2D eigenvalue weighted by Gasteiger charge is 2.14. The lowest BCUT2D eigenvalue weighted by molar-refractivity contribution is -0.115. The monoisotopic (exact) mass is 343 g/mol. The van der Waals surface area contributed by atoms with E-state index < -0.39 is 0 Å². The van der Waals surface area contributed by atoms with Gasteiger partial charge in [-0.1, -0.05) is 18.2 Å². The van der Waals surface area contributed by atoms with E-state index in [0.717, 1.165) is 22.0 Å². The number of para-hydroxylation sites is 1. The van der Waals surface area contributed by atoms with Gasteiger partial charge in [-0.3, -0.25) is 10.1 Å². The topological polar surface area (TPSA) is 86.5 Å². The quantitative estimate of drug-likeness (QED) is 0.594. The zero-order valence-corrected chi connectivity index (χ0v) is 14.3. The Morgan fingerprint density at radius 2 is 2.15 bits per heavy atom. The molecule has 0 saturated heterocycles. The van der Waals surface area contributed by atoms with Gasteiger partial charge in [0, 0.05) is 23.6 Å². The number of fused-ring (bicyclic) bond motifs is 2. The molecule has 2 N–H and O–H groups in total. The van der Waals surface area contributed by atoms with Crippen molar-refractivity contribution in [3.63, 3.8) is 0 Å². The number of nitriles is 1. The Labute approximate surface area is 150 Å². The van der Waals surface area contributed by atoms with Crippen LogP contribution >= 0.6 is 0 Å². The number of nitrogens with one attached hydrogen (secondary N) is 2. The maximum Gasteiger partial charge on any atom is 0.231 e. The summed E-state index contributed by atoms with van der Waals surface area (Å²) in [5, 5.41) is 13.0. The lowest BCUT2D eigenvalue weighted by Gasteiger charge is -2.07. The lowest BCUT2D eigenvalue weighted by Crippen LogP contribution is -2.17. The van der Waals surface area contributed by atoms with E-state index in [9.17, 15) is 4.79 Å². The average molecular weight is 343 g/mol. The van der Waals surface area contributed by atoms with Crippen LogP contribution < -0.4 is 5.32 Å². The Bertz CT molecular complexity index is 1160. The van der Waals surface area contributed by atoms with E-state index in [1.165, 1.54) is 0 Å². The fourth-order valence-electron chi connectivity index (χ4n) is 3.23. The summed E-state index contributed by atoms with van der Waals surface area (Å²) >= 11 is 0. The van der Waals surface area contributed by atoms with E-state index in [2.05, 4.69) is 21.4 Å². The number of H-pyrrole nitrogens is 1. The van der Waals surface area contributed by atoms with Gasteiger partial charge >= 0.3 is 0 Å². The van der Waals surface area contributed by atoms with Gasteiger partial charge in [-0.2, -0.15) is 5.26 Å². The Balaban J connectivity index is 1.62. The Hall–Kier alpha value is -3.59. The van der Waals surface area contributed by atoms with Crippen LogP contribution in [0.15, 0.2) is 48.7 Å². The van der Waals surface area contributed by atoms with Gasteiger partial charge in [0.1, 0.15) is 0 Å². The molecule has 0 aliphatic heterocycles. The Morgan fingerprint density at radius 3 is 2.96 bits per heavy atom. The van der Waals surface area contributed by atoms with Gasteiger partial charge in [-0.25, -0.2) is 4.98 Å². The molecule has 0 unspecified atom stereocenters. The Morgan fingerprint density at radius 1 is 1.31 bits per heavy atom. The van der Waals surface area contributed by atoms with Gasteiger partial charge in [-0.15, -0.1) is 0 Å². The third-order valence-electron chi connectivity index (χ3n) is 4.47. The number of aromatic nitrogens is 3. The molecule has 0 spiro atoms. The van der Waals surface area contributed by atoms with Gasteiger partial charge in [0.15, 0.2) is 0 Å². The van der Waals surface area contributed by atoms with Crippen LogP contribution in [-0.4, -0.2) is 20.4 Å². The number of anilines is 1. The molecule has 4 aromatic rings. The highest BCUT2D eigenvalue weighted by Crippen LogP contribution is 2.22. The first-order valence-electron chi connectivity index (χ1n) is 8.45. The van der Waals surface area contributed by atoms with Crippen molar-refractivity contribution in [3.8, 4) is 6.07 Å². The number of carbonyl (C=O) groups excluding carboxylic acids is 1. The van der Waals surface area contributed by atoms with Gasteiger partial charge in [0.2, 0.25) is 11.9 Å². The molecule has 0 fully saturated rings. The average Bonchev–Trinajstić information content (AvgIpc) is 3.21. The summed E-state index contributed by atoms with van der Waals surface area (Å²) in [7, 11) is 0. The van der Waals surface area contributed by atoms with Crippen LogP contribution in [0.2, 0.25) is 0 Å². The highest BCUT2D eigenvalue weighted by molar-refractivity contribution is 5.96. The van der Waals surface area contributed by atoms with E-state index in [-0.39, 0.29) is 12.3 Å². The predicted molar refractivity (Wildman–Crippen MR) is 101 cm³/mol. The van der Waals surface area contributed by atoms with Crippen molar-refractivity contribution >= 4 is 33.8 Å². The van der Waals surface area contributed by atoms with Crippen molar-refractivity contribution in [2.75, 3.05) is 5.32 Å². The fourth-order valence-corrected chi connectivity index (χ4v) is 3.23. The number of aryl methyl sites for hydroxylation is 1. The zero-order valence-electron chi connectivity index (χ0n) is 14.3. The molecule has 6 nitrogen and oxygen atoms in total. The van der Waals surface area contributed by atoms with E-state index >= 15 is 0 Å². The number of aromatic amines is 1. The first-order valence-corrected chi connectivity index (χ1v) is 8.45. The number of imidazole rings is 1. The standard InChI is InChI=1S/C20H17N5O/c1-2-25-18-8-7-13(11-21)9-17(18)23-20(25)24-19(26)10-14-12-22-16-6-4-3-5-15(14)16/h3-9,12,22H,2,10H2,1H3,(H,23,24,26). The molecule has 26 heavy (non-hydrogen) atoms. The second-order valence-electron chi connectivity index (χ2n) is 6.08. The number of carbonyl (C=O) groups is 1. The highest BCUT2D eigenvalue weighted by atomic mass is 16.1. The van der Waals surface area contributed by atoms with Gasteiger partial charge in [0.25, 0.3) is 0 Å². The van der Waals surface area contributed by atoms with Crippen molar-refractivity contribution < 1.29 is 4.79 Å². The minimum Gasteiger partial charge on any atom is -0.361 e. The van der Waals surface area contributed by atoms with Gasteiger partial charge in [-0.05, 0) is 36.8 Å². The molecule has 2 heterocycles. The molecule has 2 aromatic carbocycles. The smallest absolute Gasteiger partial charge is 0.231 e. The predicted octanol–water partition coefficient (Wildman–Crippen LogP) is 3.59. The summed E-state index contributed by atoms with van der Waals surface area (Å²) in [6.07, 6.45) is 2.13. The summed E-state index contributed by atoms with van der Waals surface area (Å²) in [5.74, 6) is 0.377. The van der Waals surface area contributed by atoms with E-state index in [1.807, 2.05) is 48.0 Å². The number of hydrogen-bond acceptors (Lipinski definition) is 3. The normalized spacial score (nSPS) is 10.9. The van der Waals surface area contributed by atoms with Crippen LogP contribution in [0.25, 0.3) is 21.9 Å². The van der Waals surface area contributed by atoms with Crippen molar-refractivity contribution in [2.45, 2.75) is 19.9 Å². The molecule has 128 valence electrons. The molecule has 0 atom stereocenters. The van der Waals surface area contributed by atoms with Gasteiger partial charge in [0.05, 0.1) is 29.1 Å². The number of amides is 1. The fraction of sp³-hybridized carbons (Fsp3) is 0.150. The summed E-state index contributed by atoms with van der Waals surface area (Å²) in [6.45, 7) is 2.67. The lowest BCUT2D eigenvalue weighted by atomic mass is 10.1. The molecule has 6 heteroatoms. The number of benzene rings is 2. The first kappa shape index (κ1) is 15.9. The first-order chi connectivity index (χ1) is 12.7. The van der Waals surface area contributed by atoms with Crippen molar-refractivity contribution in [1.29, 1.82) is 5.26 Å². The third-order valence-corrected chi connectivity index (χ3v) is 4.47. The molecule has 0 radical (unpaired) electrons. The molecule has 2 aromatic heterocycles. The van der Waals surface area contributed by atoms with Crippen LogP contribution in [-0.2, 0) is 17.8 Å². The van der Waals surface area contributed by atoms with E-state index in [1.54, 1.807) is 12.1 Å². The summed E-state index contributed by atoms with van der Waals surface area (Å²) < 4.78 is 1.93. The third kappa shape index (κ3) is 2.70. The van der Waals surface area contributed by atoms with Crippen molar-refractivity contribution in [3.05, 3.63) is 59.8 Å². The van der Waals surface area contributed by atoms with Crippen LogP contribution in [0.4, 0.5) is 5.95 Å². The second-order valence-corrected chi connectivity index (χ2v) is 6.08. The minimum absolute atomic E-state index is 0.125. The molecule has 0 aliphatic carbocycles. The molecular formula is C20H17N5O. The van der Waals surface area contributed by atoms with Crippen LogP contribution in [0.3, 0.4) is 0 Å². The van der Waals surface area contributed by atoms with Crippen molar-refractivity contribution in [2.24, 2.45) is 0 Å². The minimum atomic E-state index is -0.125. The molecule has 0 saturated carbocycles. The van der Waals surface area contributed by atoms with Gasteiger partial charge < -0.3 is 9.55 Å².